The summed E-state index contributed by atoms with van der Waals surface area (Å²) in [5.41, 5.74) is 0. The molecular weight excluding hydrogens is 455 g/mol. The van der Waals surface area contributed by atoms with Gasteiger partial charge in [-0.25, -0.2) is 0 Å². The highest BCUT2D eigenvalue weighted by atomic mass is 127. The van der Waals surface area contributed by atoms with E-state index in [0.717, 1.165) is 58.1 Å². The van der Waals surface area contributed by atoms with Crippen molar-refractivity contribution in [1.29, 1.82) is 0 Å². The molecule has 7 heteroatoms. The molecule has 0 aromatic heterocycles. The van der Waals surface area contributed by atoms with Gasteiger partial charge in [-0.3, -0.25) is 4.99 Å². The van der Waals surface area contributed by atoms with E-state index in [-0.39, 0.29) is 24.0 Å². The molecule has 1 rings (SSSR count). The van der Waals surface area contributed by atoms with Gasteiger partial charge in [-0.05, 0) is 52.7 Å². The Morgan fingerprint density at radius 3 is 2.33 bits per heavy atom. The van der Waals surface area contributed by atoms with Crippen LogP contribution in [0.25, 0.3) is 0 Å². The lowest BCUT2D eigenvalue weighted by atomic mass is 10.1. The smallest absolute Gasteiger partial charge is 0.193 e. The SMILES string of the molecule is CN=C(NCCCCCCCN(C)C)N1CCC(OCCCOC)CC1.I. The van der Waals surface area contributed by atoms with Gasteiger partial charge in [0.15, 0.2) is 5.96 Å². The minimum Gasteiger partial charge on any atom is -0.385 e. The molecule has 0 aromatic rings. The minimum atomic E-state index is 0. The zero-order valence-electron chi connectivity index (χ0n) is 18.0. The maximum absolute atomic E-state index is 5.94. The standard InChI is InChI=1S/C20H42N4O2.HI/c1-21-20(22-13-8-6-5-7-9-14-23(2)3)24-15-11-19(12-16-24)26-18-10-17-25-4;/h19H,5-18H2,1-4H3,(H,21,22);1H. The molecule has 0 atom stereocenters. The van der Waals surface area contributed by atoms with Crippen molar-refractivity contribution in [3.05, 3.63) is 0 Å². The maximum Gasteiger partial charge on any atom is 0.193 e. The van der Waals surface area contributed by atoms with Gasteiger partial charge in [-0.2, -0.15) is 0 Å². The van der Waals surface area contributed by atoms with Crippen LogP contribution in [0.4, 0.5) is 0 Å². The molecule has 0 saturated carbocycles. The molecule has 1 saturated heterocycles. The summed E-state index contributed by atoms with van der Waals surface area (Å²) in [5, 5.41) is 3.53. The Morgan fingerprint density at radius 1 is 1.04 bits per heavy atom. The van der Waals surface area contributed by atoms with Gasteiger partial charge in [0.25, 0.3) is 0 Å². The van der Waals surface area contributed by atoms with Crippen LogP contribution in [0, 0.1) is 0 Å². The van der Waals surface area contributed by atoms with E-state index in [1.807, 2.05) is 7.05 Å². The zero-order chi connectivity index (χ0) is 19.0. The second-order valence-corrected chi connectivity index (χ2v) is 7.45. The molecule has 27 heavy (non-hydrogen) atoms. The van der Waals surface area contributed by atoms with E-state index in [9.17, 15) is 0 Å². The molecule has 1 aliphatic rings. The van der Waals surface area contributed by atoms with Crippen molar-refractivity contribution in [3.63, 3.8) is 0 Å². The van der Waals surface area contributed by atoms with E-state index >= 15 is 0 Å². The van der Waals surface area contributed by atoms with Crippen molar-refractivity contribution in [3.8, 4) is 0 Å². The third kappa shape index (κ3) is 13.7. The molecule has 0 aliphatic carbocycles. The third-order valence-corrected chi connectivity index (χ3v) is 4.86. The van der Waals surface area contributed by atoms with Gasteiger partial charge in [-0.1, -0.05) is 19.3 Å². The monoisotopic (exact) mass is 498 g/mol. The summed E-state index contributed by atoms with van der Waals surface area (Å²) in [6.45, 7) is 5.87. The fourth-order valence-corrected chi connectivity index (χ4v) is 3.30. The highest BCUT2D eigenvalue weighted by molar-refractivity contribution is 14.0. The highest BCUT2D eigenvalue weighted by Crippen LogP contribution is 2.14. The molecule has 0 bridgehead atoms. The minimum absolute atomic E-state index is 0. The summed E-state index contributed by atoms with van der Waals surface area (Å²) in [6.07, 6.45) is 10.0. The number of hydrogen-bond acceptors (Lipinski definition) is 4. The first-order chi connectivity index (χ1) is 12.7. The Balaban J connectivity index is 0.00000676. The van der Waals surface area contributed by atoms with E-state index < -0.39 is 0 Å². The Hall–Kier alpha value is -0.120. The Labute approximate surface area is 184 Å². The Kier molecular flexibility index (Phi) is 17.9. The fraction of sp³-hybridized carbons (Fsp3) is 0.950. The second kappa shape index (κ2) is 17.9. The van der Waals surface area contributed by atoms with Crippen LogP contribution < -0.4 is 5.32 Å². The van der Waals surface area contributed by atoms with Gasteiger partial charge in [0.05, 0.1) is 6.10 Å². The first kappa shape index (κ1) is 26.9. The van der Waals surface area contributed by atoms with Gasteiger partial charge >= 0.3 is 0 Å². The quantitative estimate of drug-likeness (QED) is 0.183. The van der Waals surface area contributed by atoms with Gasteiger partial charge in [0.2, 0.25) is 0 Å². The number of halogens is 1. The van der Waals surface area contributed by atoms with Crippen LogP contribution in [0.2, 0.25) is 0 Å². The van der Waals surface area contributed by atoms with E-state index in [4.69, 9.17) is 9.47 Å². The lowest BCUT2D eigenvalue weighted by Crippen LogP contribution is -2.47. The summed E-state index contributed by atoms with van der Waals surface area (Å²) in [4.78, 5) is 9.09. The summed E-state index contributed by atoms with van der Waals surface area (Å²) >= 11 is 0. The number of ether oxygens (including phenoxy) is 2. The van der Waals surface area contributed by atoms with Crippen LogP contribution in [0.3, 0.4) is 0 Å². The van der Waals surface area contributed by atoms with Crippen molar-refractivity contribution in [2.24, 2.45) is 4.99 Å². The summed E-state index contributed by atoms with van der Waals surface area (Å²) in [7, 11) is 7.91. The Morgan fingerprint density at radius 2 is 1.70 bits per heavy atom. The second-order valence-electron chi connectivity index (χ2n) is 7.45. The van der Waals surface area contributed by atoms with Crippen LogP contribution in [0.1, 0.15) is 51.4 Å². The molecule has 1 N–H and O–H groups in total. The fourth-order valence-electron chi connectivity index (χ4n) is 3.30. The van der Waals surface area contributed by atoms with Gasteiger partial charge in [0, 0.05) is 47.0 Å². The summed E-state index contributed by atoms with van der Waals surface area (Å²) in [6, 6.07) is 0. The van der Waals surface area contributed by atoms with E-state index in [0.29, 0.717) is 6.10 Å². The first-order valence-electron chi connectivity index (χ1n) is 10.4. The Bertz CT molecular complexity index is 362. The van der Waals surface area contributed by atoms with Crippen molar-refractivity contribution >= 4 is 29.9 Å². The largest absolute Gasteiger partial charge is 0.385 e. The number of methoxy groups -OCH3 is 1. The van der Waals surface area contributed by atoms with Crippen LogP contribution in [-0.4, -0.2) is 89.5 Å². The number of rotatable bonds is 13. The summed E-state index contributed by atoms with van der Waals surface area (Å²) in [5.74, 6) is 1.05. The summed E-state index contributed by atoms with van der Waals surface area (Å²) < 4.78 is 11.0. The van der Waals surface area contributed by atoms with Crippen LogP contribution in [0.5, 0.6) is 0 Å². The number of aliphatic imine (C=N–C) groups is 1. The normalized spacial score (nSPS) is 15.9. The lowest BCUT2D eigenvalue weighted by molar-refractivity contribution is 0.00991. The van der Waals surface area contributed by atoms with E-state index in [2.05, 4.69) is 34.2 Å². The number of hydrogen-bond donors (Lipinski definition) is 1. The molecule has 0 aromatic carbocycles. The predicted molar refractivity (Wildman–Crippen MR) is 125 cm³/mol. The molecule has 1 fully saturated rings. The number of unbranched alkanes of at least 4 members (excludes halogenated alkanes) is 4. The number of nitrogens with zero attached hydrogens (tertiary/aromatic N) is 3. The third-order valence-electron chi connectivity index (χ3n) is 4.86. The topological polar surface area (TPSA) is 49.3 Å². The van der Waals surface area contributed by atoms with E-state index in [1.165, 1.54) is 38.6 Å². The van der Waals surface area contributed by atoms with Crippen molar-refractivity contribution in [1.82, 2.24) is 15.1 Å². The van der Waals surface area contributed by atoms with Crippen LogP contribution >= 0.6 is 24.0 Å². The maximum atomic E-state index is 5.94. The molecule has 0 amide bonds. The number of guanidine groups is 1. The van der Waals surface area contributed by atoms with Gasteiger partial charge in [-0.15, -0.1) is 24.0 Å². The predicted octanol–water partition coefficient (Wildman–Crippen LogP) is 3.21. The van der Waals surface area contributed by atoms with Gasteiger partial charge in [0.1, 0.15) is 0 Å². The molecule has 1 aliphatic heterocycles. The number of piperidine rings is 1. The van der Waals surface area contributed by atoms with E-state index in [1.54, 1.807) is 7.11 Å². The molecule has 6 nitrogen and oxygen atoms in total. The molecular formula is C20H43IN4O2. The highest BCUT2D eigenvalue weighted by Gasteiger charge is 2.21. The zero-order valence-corrected chi connectivity index (χ0v) is 20.4. The van der Waals surface area contributed by atoms with Crippen LogP contribution in [0.15, 0.2) is 4.99 Å². The van der Waals surface area contributed by atoms with Crippen molar-refractivity contribution in [2.75, 3.05) is 67.6 Å². The number of nitrogens with one attached hydrogen (secondary N) is 1. The average Bonchev–Trinajstić information content (AvgIpc) is 2.64. The average molecular weight is 498 g/mol. The molecule has 0 unspecified atom stereocenters. The van der Waals surface area contributed by atoms with Gasteiger partial charge < -0.3 is 24.6 Å². The molecule has 0 spiro atoms. The number of likely N-dealkylation sites (tertiary alicyclic amines) is 1. The van der Waals surface area contributed by atoms with Crippen LogP contribution in [-0.2, 0) is 9.47 Å². The first-order valence-corrected chi connectivity index (χ1v) is 10.4. The molecule has 0 radical (unpaired) electrons. The molecule has 1 heterocycles. The lowest BCUT2D eigenvalue weighted by Gasteiger charge is -2.34. The van der Waals surface area contributed by atoms with Crippen molar-refractivity contribution in [2.45, 2.75) is 57.5 Å². The van der Waals surface area contributed by atoms with Crippen molar-refractivity contribution < 1.29 is 9.47 Å². The molecule has 162 valence electrons.